The fourth-order valence-electron chi connectivity index (χ4n) is 3.02. The molecule has 2 aromatic heterocycles. The van der Waals surface area contributed by atoms with Gasteiger partial charge in [0.15, 0.2) is 5.76 Å². The highest BCUT2D eigenvalue weighted by Crippen LogP contribution is 2.35. The number of sulfone groups is 1. The maximum absolute atomic E-state index is 13.3. The Morgan fingerprint density at radius 1 is 1.04 bits per heavy atom. The summed E-state index contributed by atoms with van der Waals surface area (Å²) in [5.41, 5.74) is 0.990. The number of likely N-dealkylation sites (N-methyl/N-ethyl adjacent to an activating group) is 1. The monoisotopic (exact) mass is 387 g/mol. The van der Waals surface area contributed by atoms with Gasteiger partial charge < -0.3 is 18.6 Å². The van der Waals surface area contributed by atoms with E-state index in [1.807, 2.05) is 18.9 Å². The quantitative estimate of drug-likeness (QED) is 0.681. The van der Waals surface area contributed by atoms with Crippen molar-refractivity contribution in [3.05, 3.63) is 48.2 Å². The lowest BCUT2D eigenvalue weighted by Crippen LogP contribution is -2.44. The van der Waals surface area contributed by atoms with Gasteiger partial charge in [-0.05, 0) is 38.2 Å². The Morgan fingerprint density at radius 3 is 2.37 bits per heavy atom. The van der Waals surface area contributed by atoms with Crippen molar-refractivity contribution >= 4 is 15.7 Å². The number of aromatic nitrogens is 1. The lowest BCUT2D eigenvalue weighted by Gasteiger charge is -2.32. The van der Waals surface area contributed by atoms with Crippen LogP contribution in [0.25, 0.3) is 11.7 Å². The van der Waals surface area contributed by atoms with Crippen LogP contribution in [-0.2, 0) is 9.84 Å². The van der Waals surface area contributed by atoms with Crippen LogP contribution < -0.4 is 4.90 Å². The molecule has 0 spiro atoms. The fourth-order valence-corrected chi connectivity index (χ4v) is 4.34. The summed E-state index contributed by atoms with van der Waals surface area (Å²) in [6.07, 6.45) is 1.50. The number of nitrogens with zero attached hydrogens (tertiary/aromatic N) is 3. The summed E-state index contributed by atoms with van der Waals surface area (Å²) in [7, 11) is -1.78. The van der Waals surface area contributed by atoms with Crippen LogP contribution in [0.3, 0.4) is 0 Å². The van der Waals surface area contributed by atoms with Crippen molar-refractivity contribution in [1.82, 2.24) is 9.88 Å². The zero-order chi connectivity index (χ0) is 19.0. The molecule has 0 amide bonds. The average molecular weight is 387 g/mol. The van der Waals surface area contributed by atoms with Crippen LogP contribution in [0.1, 0.15) is 5.56 Å². The highest BCUT2D eigenvalue weighted by molar-refractivity contribution is 7.91. The summed E-state index contributed by atoms with van der Waals surface area (Å²) < 4.78 is 37.8. The number of furan rings is 1. The summed E-state index contributed by atoms with van der Waals surface area (Å²) in [5, 5.41) is -0.0673. The van der Waals surface area contributed by atoms with Crippen molar-refractivity contribution in [1.29, 1.82) is 0 Å². The van der Waals surface area contributed by atoms with Crippen molar-refractivity contribution in [3.8, 4) is 11.7 Å². The first-order valence-corrected chi connectivity index (χ1v) is 10.2. The second-order valence-electron chi connectivity index (χ2n) is 6.71. The number of benzene rings is 1. The van der Waals surface area contributed by atoms with E-state index in [0.29, 0.717) is 18.8 Å². The fraction of sp³-hybridized carbons (Fsp3) is 0.316. The molecule has 0 radical (unpaired) electrons. The van der Waals surface area contributed by atoms with E-state index in [-0.39, 0.29) is 21.7 Å². The van der Waals surface area contributed by atoms with Crippen LogP contribution in [0.15, 0.2) is 61.4 Å². The van der Waals surface area contributed by atoms with Crippen LogP contribution >= 0.6 is 0 Å². The van der Waals surface area contributed by atoms with Crippen LogP contribution in [0.5, 0.6) is 0 Å². The Hall–Kier alpha value is -2.58. The number of hydrogen-bond donors (Lipinski definition) is 0. The number of piperazine rings is 1. The Balaban J connectivity index is 1.81. The van der Waals surface area contributed by atoms with Gasteiger partial charge in [-0.25, -0.2) is 8.42 Å². The van der Waals surface area contributed by atoms with Crippen LogP contribution in [-0.4, -0.2) is 51.5 Å². The van der Waals surface area contributed by atoms with Gasteiger partial charge in [-0.1, -0.05) is 17.7 Å². The largest absolute Gasteiger partial charge is 0.459 e. The van der Waals surface area contributed by atoms with Crippen molar-refractivity contribution in [2.45, 2.75) is 16.8 Å². The normalized spacial score (nSPS) is 16.0. The molecule has 3 heterocycles. The van der Waals surface area contributed by atoms with E-state index in [4.69, 9.17) is 8.83 Å². The first-order valence-electron chi connectivity index (χ1n) is 8.75. The Labute approximate surface area is 158 Å². The lowest BCUT2D eigenvalue weighted by atomic mass is 10.2. The van der Waals surface area contributed by atoms with Crippen molar-refractivity contribution in [2.75, 3.05) is 38.1 Å². The second kappa shape index (κ2) is 6.86. The molecule has 0 bridgehead atoms. The van der Waals surface area contributed by atoms with Crippen molar-refractivity contribution in [2.24, 2.45) is 0 Å². The predicted molar refractivity (Wildman–Crippen MR) is 101 cm³/mol. The zero-order valence-electron chi connectivity index (χ0n) is 15.3. The van der Waals surface area contributed by atoms with Gasteiger partial charge in [0, 0.05) is 26.2 Å². The Kier molecular flexibility index (Phi) is 4.53. The standard InChI is InChI=1S/C19H21N3O4S/c1-14-5-7-15(8-6-14)27(23,24)18-19(22-11-9-21(2)10-12-22)26-17(20-18)16-4-3-13-25-16/h3-8,13H,9-12H2,1-2H3. The molecule has 0 aliphatic carbocycles. The number of anilines is 1. The summed E-state index contributed by atoms with van der Waals surface area (Å²) >= 11 is 0. The van der Waals surface area contributed by atoms with Gasteiger partial charge in [0.2, 0.25) is 20.7 Å². The molecule has 7 nitrogen and oxygen atoms in total. The molecular weight excluding hydrogens is 366 g/mol. The van der Waals surface area contributed by atoms with Gasteiger partial charge >= 0.3 is 0 Å². The van der Waals surface area contributed by atoms with Crippen LogP contribution in [0.4, 0.5) is 5.88 Å². The third-order valence-corrected chi connectivity index (χ3v) is 6.36. The molecule has 8 heteroatoms. The summed E-state index contributed by atoms with van der Waals surface area (Å²) in [6.45, 7) is 4.89. The van der Waals surface area contributed by atoms with E-state index in [1.165, 1.54) is 6.26 Å². The molecule has 1 saturated heterocycles. The lowest BCUT2D eigenvalue weighted by molar-refractivity contribution is 0.305. The molecule has 0 N–H and O–H groups in total. The summed E-state index contributed by atoms with van der Waals surface area (Å²) in [5.74, 6) is 0.838. The van der Waals surface area contributed by atoms with E-state index < -0.39 is 9.84 Å². The van der Waals surface area contributed by atoms with Gasteiger partial charge in [-0.15, -0.1) is 0 Å². The number of aryl methyl sites for hydroxylation is 1. The molecule has 1 aromatic carbocycles. The zero-order valence-corrected chi connectivity index (χ0v) is 16.1. The third-order valence-electron chi connectivity index (χ3n) is 4.69. The molecule has 1 aliphatic heterocycles. The maximum atomic E-state index is 13.3. The Bertz CT molecular complexity index is 1020. The maximum Gasteiger partial charge on any atom is 0.266 e. The van der Waals surface area contributed by atoms with E-state index in [1.54, 1.807) is 36.4 Å². The van der Waals surface area contributed by atoms with Gasteiger partial charge in [0.25, 0.3) is 5.89 Å². The van der Waals surface area contributed by atoms with Gasteiger partial charge in [0.1, 0.15) is 0 Å². The molecule has 1 fully saturated rings. The van der Waals surface area contributed by atoms with E-state index in [0.717, 1.165) is 18.7 Å². The minimum atomic E-state index is -3.82. The number of hydrogen-bond acceptors (Lipinski definition) is 7. The molecule has 0 saturated carbocycles. The molecule has 4 rings (SSSR count). The minimum Gasteiger partial charge on any atom is -0.459 e. The predicted octanol–water partition coefficient (Wildman–Crippen LogP) is 2.83. The minimum absolute atomic E-state index is 0.0673. The Morgan fingerprint density at radius 2 is 1.74 bits per heavy atom. The van der Waals surface area contributed by atoms with Crippen molar-refractivity contribution < 1.29 is 17.3 Å². The highest BCUT2D eigenvalue weighted by Gasteiger charge is 2.32. The molecular formula is C19H21N3O4S. The summed E-state index contributed by atoms with van der Waals surface area (Å²) in [4.78, 5) is 8.63. The smallest absolute Gasteiger partial charge is 0.266 e. The van der Waals surface area contributed by atoms with Crippen molar-refractivity contribution in [3.63, 3.8) is 0 Å². The first-order chi connectivity index (χ1) is 12.9. The van der Waals surface area contributed by atoms with Gasteiger partial charge in [-0.2, -0.15) is 4.98 Å². The highest BCUT2D eigenvalue weighted by atomic mass is 32.2. The first kappa shape index (κ1) is 17.8. The van der Waals surface area contributed by atoms with E-state index in [2.05, 4.69) is 9.88 Å². The molecule has 1 aliphatic rings. The molecule has 142 valence electrons. The average Bonchev–Trinajstić information content (AvgIpc) is 3.33. The molecule has 3 aromatic rings. The number of rotatable bonds is 4. The number of oxazole rings is 1. The second-order valence-corrected chi connectivity index (χ2v) is 8.58. The van der Waals surface area contributed by atoms with E-state index in [9.17, 15) is 8.42 Å². The van der Waals surface area contributed by atoms with Crippen LogP contribution in [0.2, 0.25) is 0 Å². The van der Waals surface area contributed by atoms with E-state index >= 15 is 0 Å². The molecule has 27 heavy (non-hydrogen) atoms. The van der Waals surface area contributed by atoms with Crippen LogP contribution in [0, 0.1) is 6.92 Å². The summed E-state index contributed by atoms with van der Waals surface area (Å²) in [6, 6.07) is 10.1. The SMILES string of the molecule is Cc1ccc(S(=O)(=O)c2nc(-c3ccco3)oc2N2CCN(C)CC2)cc1. The topological polar surface area (TPSA) is 79.8 Å². The van der Waals surface area contributed by atoms with Gasteiger partial charge in [0.05, 0.1) is 11.2 Å². The molecule has 0 atom stereocenters. The third kappa shape index (κ3) is 3.38. The molecule has 0 unspecified atom stereocenters. The van der Waals surface area contributed by atoms with Gasteiger partial charge in [-0.3, -0.25) is 0 Å².